The monoisotopic (exact) mass is 285 g/mol. The molecule has 0 aromatic heterocycles. The fraction of sp³-hybridized carbons (Fsp3) is 0.625. The maximum atomic E-state index is 12.6. The topological polar surface area (TPSA) is 26.0 Å². The zero-order valence-corrected chi connectivity index (χ0v) is 11.8. The summed E-state index contributed by atoms with van der Waals surface area (Å²) < 4.78 is 37.9. The van der Waals surface area contributed by atoms with Gasteiger partial charge in [0.1, 0.15) is 0 Å². The predicted octanol–water partition coefficient (Wildman–Crippen LogP) is 4.98. The van der Waals surface area contributed by atoms with Crippen molar-refractivity contribution in [2.45, 2.75) is 57.7 Å². The molecule has 1 aromatic carbocycles. The third-order valence-corrected chi connectivity index (χ3v) is 4.31. The van der Waals surface area contributed by atoms with Gasteiger partial charge >= 0.3 is 6.18 Å². The number of alkyl halides is 3. The average Bonchev–Trinajstić information content (AvgIpc) is 2.38. The minimum absolute atomic E-state index is 0.152. The van der Waals surface area contributed by atoms with Crippen LogP contribution >= 0.6 is 0 Å². The maximum Gasteiger partial charge on any atom is 0.416 e. The normalized spacial score (nSPS) is 19.1. The Balaban J connectivity index is 2.07. The van der Waals surface area contributed by atoms with Gasteiger partial charge in [-0.1, -0.05) is 38.2 Å². The molecule has 20 heavy (non-hydrogen) atoms. The van der Waals surface area contributed by atoms with Crippen molar-refractivity contribution in [3.8, 4) is 0 Å². The molecule has 2 rings (SSSR count). The van der Waals surface area contributed by atoms with E-state index in [1.807, 2.05) is 0 Å². The van der Waals surface area contributed by atoms with Crippen LogP contribution in [0.5, 0.6) is 0 Å². The van der Waals surface area contributed by atoms with Gasteiger partial charge in [0, 0.05) is 6.04 Å². The van der Waals surface area contributed by atoms with Gasteiger partial charge in [0.2, 0.25) is 0 Å². The second-order valence-electron chi connectivity index (χ2n) is 5.92. The van der Waals surface area contributed by atoms with E-state index in [4.69, 9.17) is 5.73 Å². The summed E-state index contributed by atoms with van der Waals surface area (Å²) in [6.45, 7) is 1.71. The zero-order chi connectivity index (χ0) is 14.8. The number of hydrogen-bond donors (Lipinski definition) is 1. The van der Waals surface area contributed by atoms with Crippen LogP contribution in [0.1, 0.15) is 61.3 Å². The standard InChI is InChI=1S/C16H22F3N/c1-11-9-13(16(17,18)19)7-8-14(11)15(20)10-12-5-3-2-4-6-12/h7-9,12,15H,2-6,10,20H2,1H3. The highest BCUT2D eigenvalue weighted by Gasteiger charge is 2.31. The number of aryl methyl sites for hydroxylation is 1. The van der Waals surface area contributed by atoms with Crippen molar-refractivity contribution in [1.29, 1.82) is 0 Å². The number of hydrogen-bond acceptors (Lipinski definition) is 1. The molecule has 0 amide bonds. The lowest BCUT2D eigenvalue weighted by atomic mass is 9.83. The van der Waals surface area contributed by atoms with Gasteiger partial charge < -0.3 is 5.73 Å². The van der Waals surface area contributed by atoms with Crippen molar-refractivity contribution in [2.75, 3.05) is 0 Å². The van der Waals surface area contributed by atoms with Crippen LogP contribution < -0.4 is 5.73 Å². The summed E-state index contributed by atoms with van der Waals surface area (Å²) in [4.78, 5) is 0. The molecule has 1 aliphatic rings. The lowest BCUT2D eigenvalue weighted by Gasteiger charge is -2.25. The molecule has 1 nitrogen and oxygen atoms in total. The number of benzene rings is 1. The summed E-state index contributed by atoms with van der Waals surface area (Å²) in [5, 5.41) is 0. The number of nitrogens with two attached hydrogens (primary N) is 1. The molecule has 1 saturated carbocycles. The molecule has 0 heterocycles. The van der Waals surface area contributed by atoms with Crippen LogP contribution in [0.15, 0.2) is 18.2 Å². The smallest absolute Gasteiger partial charge is 0.324 e. The molecule has 0 radical (unpaired) electrons. The van der Waals surface area contributed by atoms with Crippen LogP contribution in [0.2, 0.25) is 0 Å². The lowest BCUT2D eigenvalue weighted by molar-refractivity contribution is -0.137. The van der Waals surface area contributed by atoms with E-state index in [9.17, 15) is 13.2 Å². The highest BCUT2D eigenvalue weighted by atomic mass is 19.4. The van der Waals surface area contributed by atoms with Crippen LogP contribution in [0.3, 0.4) is 0 Å². The van der Waals surface area contributed by atoms with E-state index in [1.54, 1.807) is 13.0 Å². The van der Waals surface area contributed by atoms with E-state index < -0.39 is 11.7 Å². The van der Waals surface area contributed by atoms with Gasteiger partial charge in [0.15, 0.2) is 0 Å². The first-order chi connectivity index (χ1) is 9.38. The van der Waals surface area contributed by atoms with Crippen LogP contribution in [-0.2, 0) is 6.18 Å². The van der Waals surface area contributed by atoms with E-state index in [-0.39, 0.29) is 6.04 Å². The van der Waals surface area contributed by atoms with Crippen LogP contribution in [0.25, 0.3) is 0 Å². The molecule has 1 fully saturated rings. The Labute approximate surface area is 118 Å². The first-order valence-electron chi connectivity index (χ1n) is 7.31. The van der Waals surface area contributed by atoms with Gasteiger partial charge in [0.25, 0.3) is 0 Å². The quantitative estimate of drug-likeness (QED) is 0.832. The van der Waals surface area contributed by atoms with Gasteiger partial charge in [-0.25, -0.2) is 0 Å². The fourth-order valence-corrected chi connectivity index (χ4v) is 3.18. The highest BCUT2D eigenvalue weighted by molar-refractivity contribution is 5.34. The van der Waals surface area contributed by atoms with E-state index in [2.05, 4.69) is 0 Å². The summed E-state index contributed by atoms with van der Waals surface area (Å²) in [5.41, 5.74) is 7.10. The molecular weight excluding hydrogens is 263 g/mol. The average molecular weight is 285 g/mol. The second kappa shape index (κ2) is 6.17. The van der Waals surface area contributed by atoms with Crippen molar-refractivity contribution >= 4 is 0 Å². The predicted molar refractivity (Wildman–Crippen MR) is 74.3 cm³/mol. The number of rotatable bonds is 3. The summed E-state index contributed by atoms with van der Waals surface area (Å²) >= 11 is 0. The van der Waals surface area contributed by atoms with Crippen LogP contribution in [-0.4, -0.2) is 0 Å². The molecule has 0 aliphatic heterocycles. The molecule has 0 saturated heterocycles. The van der Waals surface area contributed by atoms with E-state index >= 15 is 0 Å². The van der Waals surface area contributed by atoms with Crippen molar-refractivity contribution in [2.24, 2.45) is 11.7 Å². The Morgan fingerprint density at radius 1 is 1.20 bits per heavy atom. The van der Waals surface area contributed by atoms with Gasteiger partial charge in [-0.3, -0.25) is 0 Å². The molecule has 1 aliphatic carbocycles. The third kappa shape index (κ3) is 3.75. The Morgan fingerprint density at radius 2 is 1.85 bits per heavy atom. The Kier molecular flexibility index (Phi) is 4.74. The van der Waals surface area contributed by atoms with Gasteiger partial charge in [-0.05, 0) is 42.5 Å². The highest BCUT2D eigenvalue weighted by Crippen LogP contribution is 2.34. The summed E-state index contributed by atoms with van der Waals surface area (Å²) in [5.74, 6) is 0.625. The minimum Gasteiger partial charge on any atom is -0.324 e. The largest absolute Gasteiger partial charge is 0.416 e. The van der Waals surface area contributed by atoms with E-state index in [1.165, 1.54) is 38.2 Å². The van der Waals surface area contributed by atoms with Gasteiger partial charge in [-0.15, -0.1) is 0 Å². The van der Waals surface area contributed by atoms with E-state index in [0.29, 0.717) is 11.5 Å². The summed E-state index contributed by atoms with van der Waals surface area (Å²) in [6.07, 6.45) is 2.81. The zero-order valence-electron chi connectivity index (χ0n) is 11.8. The van der Waals surface area contributed by atoms with Crippen LogP contribution in [0, 0.1) is 12.8 Å². The first kappa shape index (κ1) is 15.4. The van der Waals surface area contributed by atoms with Crippen molar-refractivity contribution in [3.63, 3.8) is 0 Å². The second-order valence-corrected chi connectivity index (χ2v) is 5.92. The third-order valence-electron chi connectivity index (χ3n) is 4.31. The molecule has 1 unspecified atom stereocenters. The molecule has 0 bridgehead atoms. The minimum atomic E-state index is -4.28. The number of halogens is 3. The summed E-state index contributed by atoms with van der Waals surface area (Å²) in [6, 6.07) is 3.74. The summed E-state index contributed by atoms with van der Waals surface area (Å²) in [7, 11) is 0. The molecule has 1 aromatic rings. The molecule has 1 atom stereocenters. The maximum absolute atomic E-state index is 12.6. The first-order valence-corrected chi connectivity index (χ1v) is 7.31. The van der Waals surface area contributed by atoms with Crippen LogP contribution in [0.4, 0.5) is 13.2 Å². The van der Waals surface area contributed by atoms with Crippen molar-refractivity contribution in [1.82, 2.24) is 0 Å². The fourth-order valence-electron chi connectivity index (χ4n) is 3.18. The molecule has 0 spiro atoms. The van der Waals surface area contributed by atoms with Gasteiger partial charge in [0.05, 0.1) is 5.56 Å². The SMILES string of the molecule is Cc1cc(C(F)(F)F)ccc1C(N)CC1CCCCC1. The van der Waals surface area contributed by atoms with Crippen molar-refractivity contribution in [3.05, 3.63) is 34.9 Å². The molecule has 112 valence electrons. The molecule has 2 N–H and O–H groups in total. The Bertz CT molecular complexity index is 448. The van der Waals surface area contributed by atoms with Gasteiger partial charge in [-0.2, -0.15) is 13.2 Å². The van der Waals surface area contributed by atoms with Crippen molar-refractivity contribution < 1.29 is 13.2 Å². The van der Waals surface area contributed by atoms with E-state index in [0.717, 1.165) is 18.1 Å². The molecule has 4 heteroatoms. The Hall–Kier alpha value is -1.03. The molecular formula is C16H22F3N. The lowest BCUT2D eigenvalue weighted by Crippen LogP contribution is -2.18. The Morgan fingerprint density at radius 3 is 2.40 bits per heavy atom.